The van der Waals surface area contributed by atoms with Crippen molar-refractivity contribution in [3.8, 4) is 0 Å². The van der Waals surface area contributed by atoms with E-state index < -0.39 is 0 Å². The molecule has 0 radical (unpaired) electrons. The predicted molar refractivity (Wildman–Crippen MR) is 125 cm³/mol. The van der Waals surface area contributed by atoms with Gasteiger partial charge in [-0.1, -0.05) is 37.5 Å². The third-order valence-electron chi connectivity index (χ3n) is 6.03. The highest BCUT2D eigenvalue weighted by Crippen LogP contribution is 2.37. The second-order valence-electron chi connectivity index (χ2n) is 8.05. The van der Waals surface area contributed by atoms with E-state index in [-0.39, 0.29) is 5.60 Å². The number of aromatic nitrogens is 3. The minimum atomic E-state index is -0.165. The number of nitrogens with two attached hydrogens (primary N) is 1. The van der Waals surface area contributed by atoms with E-state index in [0.717, 1.165) is 59.5 Å². The van der Waals surface area contributed by atoms with Crippen molar-refractivity contribution in [3.05, 3.63) is 30.1 Å². The van der Waals surface area contributed by atoms with Crippen molar-refractivity contribution in [2.45, 2.75) is 57.8 Å². The Kier molecular flexibility index (Phi) is 6.80. The van der Waals surface area contributed by atoms with Gasteiger partial charge in [-0.3, -0.25) is 0 Å². The molecule has 0 unspecified atom stereocenters. The van der Waals surface area contributed by atoms with Gasteiger partial charge < -0.3 is 19.8 Å². The Morgan fingerprint density at radius 2 is 1.97 bits per heavy atom. The summed E-state index contributed by atoms with van der Waals surface area (Å²) in [5.41, 5.74) is 8.88. The van der Waals surface area contributed by atoms with Gasteiger partial charge in [0.2, 0.25) is 0 Å². The van der Waals surface area contributed by atoms with Crippen LogP contribution in [0, 0.1) is 0 Å². The number of para-hydroxylation sites is 1. The van der Waals surface area contributed by atoms with Gasteiger partial charge >= 0.3 is 0 Å². The third kappa shape index (κ3) is 4.29. The molecule has 1 aromatic carbocycles. The molecule has 1 aliphatic carbocycles. The number of fused-ring (bicyclic) bond motifs is 3. The van der Waals surface area contributed by atoms with E-state index in [0.29, 0.717) is 19.0 Å². The Morgan fingerprint density at radius 1 is 1.17 bits per heavy atom. The summed E-state index contributed by atoms with van der Waals surface area (Å²) in [4.78, 5) is 9.47. The monoisotopic (exact) mass is 428 g/mol. The van der Waals surface area contributed by atoms with Crippen molar-refractivity contribution < 1.29 is 9.47 Å². The molecule has 0 spiro atoms. The summed E-state index contributed by atoms with van der Waals surface area (Å²) in [6, 6.07) is 8.16. The summed E-state index contributed by atoms with van der Waals surface area (Å²) < 4.78 is 14.7. The van der Waals surface area contributed by atoms with E-state index in [9.17, 15) is 0 Å². The molecule has 0 bridgehead atoms. The summed E-state index contributed by atoms with van der Waals surface area (Å²) in [6.45, 7) is 4.66. The van der Waals surface area contributed by atoms with Crippen LogP contribution in [0.15, 0.2) is 24.3 Å². The maximum absolute atomic E-state index is 6.58. The normalized spacial score (nSPS) is 16.5. The molecule has 6 nitrogen and oxygen atoms in total. The van der Waals surface area contributed by atoms with Gasteiger partial charge in [-0.25, -0.2) is 9.97 Å². The summed E-state index contributed by atoms with van der Waals surface area (Å²) in [6.07, 6.45) is 7.97. The summed E-state index contributed by atoms with van der Waals surface area (Å²) in [5.74, 6) is 2.38. The van der Waals surface area contributed by atoms with Gasteiger partial charge in [0.1, 0.15) is 17.9 Å². The Balaban J connectivity index is 1.84. The van der Waals surface area contributed by atoms with Crippen LogP contribution in [0.1, 0.15) is 44.9 Å². The predicted octanol–water partition coefficient (Wildman–Crippen LogP) is 4.79. The molecule has 2 heterocycles. The first-order valence-electron chi connectivity index (χ1n) is 10.9. The van der Waals surface area contributed by atoms with Crippen LogP contribution in [-0.4, -0.2) is 45.4 Å². The largest absolute Gasteiger partial charge is 0.382 e. The average molecular weight is 429 g/mol. The number of hydrogen-bond acceptors (Lipinski definition) is 6. The highest BCUT2D eigenvalue weighted by Gasteiger charge is 2.35. The minimum absolute atomic E-state index is 0.165. The lowest BCUT2D eigenvalue weighted by Gasteiger charge is -2.38. The Labute approximate surface area is 182 Å². The Hall–Kier alpha value is -1.83. The summed E-state index contributed by atoms with van der Waals surface area (Å²) in [7, 11) is 0. The van der Waals surface area contributed by atoms with Crippen LogP contribution in [0.2, 0.25) is 0 Å². The van der Waals surface area contributed by atoms with Gasteiger partial charge in [-0.2, -0.15) is 11.8 Å². The molecule has 4 rings (SSSR count). The molecule has 0 amide bonds. The third-order valence-corrected chi connectivity index (χ3v) is 6.61. The van der Waals surface area contributed by atoms with Crippen LogP contribution in [0.3, 0.4) is 0 Å². The zero-order valence-electron chi connectivity index (χ0n) is 18.0. The average Bonchev–Trinajstić information content (AvgIpc) is 3.12. The van der Waals surface area contributed by atoms with Crippen LogP contribution in [0.5, 0.6) is 0 Å². The van der Waals surface area contributed by atoms with Gasteiger partial charge in [-0.15, -0.1) is 0 Å². The zero-order valence-corrected chi connectivity index (χ0v) is 18.8. The molecular weight excluding hydrogens is 396 g/mol. The van der Waals surface area contributed by atoms with Crippen LogP contribution >= 0.6 is 11.8 Å². The van der Waals surface area contributed by atoms with E-state index >= 15 is 0 Å². The van der Waals surface area contributed by atoms with Crippen molar-refractivity contribution in [1.29, 1.82) is 0 Å². The molecule has 0 saturated heterocycles. The van der Waals surface area contributed by atoms with E-state index in [1.54, 1.807) is 0 Å². The first-order chi connectivity index (χ1) is 14.7. The number of benzene rings is 1. The van der Waals surface area contributed by atoms with Crippen LogP contribution < -0.4 is 5.73 Å². The number of nitrogen functional groups attached to an aromatic ring is 1. The van der Waals surface area contributed by atoms with Crippen LogP contribution in [-0.2, 0) is 22.6 Å². The molecule has 1 saturated carbocycles. The van der Waals surface area contributed by atoms with Gasteiger partial charge in [-0.05, 0) is 32.1 Å². The quantitative estimate of drug-likeness (QED) is 0.494. The maximum Gasteiger partial charge on any atom is 0.152 e. The Bertz CT molecular complexity index is 998. The molecule has 7 heteroatoms. The van der Waals surface area contributed by atoms with Gasteiger partial charge in [0.25, 0.3) is 0 Å². The molecule has 2 aromatic heterocycles. The lowest BCUT2D eigenvalue weighted by atomic mass is 9.84. The summed E-state index contributed by atoms with van der Waals surface area (Å²) in [5, 5.41) is 1.08. The fourth-order valence-electron chi connectivity index (χ4n) is 4.55. The molecule has 0 aliphatic heterocycles. The fraction of sp³-hybridized carbons (Fsp3) is 0.565. The molecule has 0 atom stereocenters. The van der Waals surface area contributed by atoms with E-state index in [4.69, 9.17) is 20.2 Å². The SMILES string of the molecule is CCOCc1nc2c(N)nc3ccccc3c2n1CC1(OCCSC)CCCCC1. The van der Waals surface area contributed by atoms with Crippen molar-refractivity contribution in [2.75, 3.05) is 31.0 Å². The van der Waals surface area contributed by atoms with E-state index in [1.165, 1.54) is 19.3 Å². The number of imidazole rings is 1. The van der Waals surface area contributed by atoms with Crippen LogP contribution in [0.4, 0.5) is 5.82 Å². The molecule has 162 valence electrons. The number of pyridine rings is 1. The molecule has 2 N–H and O–H groups in total. The number of nitrogens with zero attached hydrogens (tertiary/aromatic N) is 3. The number of ether oxygens (including phenoxy) is 2. The van der Waals surface area contributed by atoms with E-state index in [2.05, 4.69) is 21.9 Å². The van der Waals surface area contributed by atoms with Gasteiger partial charge in [0, 0.05) is 17.7 Å². The smallest absolute Gasteiger partial charge is 0.152 e. The van der Waals surface area contributed by atoms with Gasteiger partial charge in [0.05, 0.1) is 29.8 Å². The highest BCUT2D eigenvalue weighted by molar-refractivity contribution is 7.98. The lowest BCUT2D eigenvalue weighted by molar-refractivity contribution is -0.0750. The first kappa shape index (κ1) is 21.4. The van der Waals surface area contributed by atoms with Gasteiger partial charge in [0.15, 0.2) is 5.82 Å². The van der Waals surface area contributed by atoms with Crippen molar-refractivity contribution in [1.82, 2.24) is 14.5 Å². The highest BCUT2D eigenvalue weighted by atomic mass is 32.2. The van der Waals surface area contributed by atoms with Crippen molar-refractivity contribution >= 4 is 39.5 Å². The number of thioether (sulfide) groups is 1. The first-order valence-corrected chi connectivity index (χ1v) is 12.3. The van der Waals surface area contributed by atoms with Crippen LogP contribution in [0.25, 0.3) is 21.9 Å². The fourth-order valence-corrected chi connectivity index (χ4v) is 4.80. The molecule has 30 heavy (non-hydrogen) atoms. The number of hydrogen-bond donors (Lipinski definition) is 1. The molecular formula is C23H32N4O2S. The second-order valence-corrected chi connectivity index (χ2v) is 9.03. The second kappa shape index (κ2) is 9.54. The molecule has 3 aromatic rings. The zero-order chi connectivity index (χ0) is 21.0. The molecule has 1 aliphatic rings. The standard InChI is InChI=1S/C23H32N4O2S/c1-3-28-15-19-26-20-21(17-9-5-6-10-18(17)25-22(20)24)27(19)16-23(29-13-14-30-2)11-7-4-8-12-23/h5-6,9-10H,3-4,7-8,11-16H2,1-2H3,(H2,24,25). The lowest BCUT2D eigenvalue weighted by Crippen LogP contribution is -2.40. The number of anilines is 1. The molecule has 1 fully saturated rings. The van der Waals surface area contributed by atoms with E-state index in [1.807, 2.05) is 36.9 Å². The van der Waals surface area contributed by atoms with Crippen molar-refractivity contribution in [3.63, 3.8) is 0 Å². The topological polar surface area (TPSA) is 75.2 Å². The maximum atomic E-state index is 6.58. The summed E-state index contributed by atoms with van der Waals surface area (Å²) >= 11 is 1.83. The van der Waals surface area contributed by atoms with Crippen molar-refractivity contribution in [2.24, 2.45) is 0 Å². The minimum Gasteiger partial charge on any atom is -0.382 e. The Morgan fingerprint density at radius 3 is 2.73 bits per heavy atom. The number of rotatable bonds is 9.